The van der Waals surface area contributed by atoms with E-state index in [1.165, 1.54) is 4.88 Å². The number of nitrogens with zero attached hydrogens (tertiary/aromatic N) is 4. The van der Waals surface area contributed by atoms with E-state index in [0.29, 0.717) is 27.5 Å². The quantitative estimate of drug-likeness (QED) is 0.265. The van der Waals surface area contributed by atoms with E-state index in [9.17, 15) is 4.79 Å². The number of hydrogen-bond acceptors (Lipinski definition) is 6. The largest absolute Gasteiger partial charge is 0.268 e. The maximum atomic E-state index is 13.3. The van der Waals surface area contributed by atoms with Crippen molar-refractivity contribution in [2.24, 2.45) is 0 Å². The highest BCUT2D eigenvalue weighted by Gasteiger charge is 2.16. The van der Waals surface area contributed by atoms with Gasteiger partial charge in [-0.2, -0.15) is 0 Å². The van der Waals surface area contributed by atoms with Gasteiger partial charge in [-0.25, -0.2) is 9.97 Å². The Morgan fingerprint density at radius 3 is 2.58 bits per heavy atom. The number of rotatable bonds is 5. The van der Waals surface area contributed by atoms with Gasteiger partial charge in [0.15, 0.2) is 5.16 Å². The van der Waals surface area contributed by atoms with Crippen LogP contribution >= 0.6 is 23.1 Å². The molecule has 0 saturated heterocycles. The van der Waals surface area contributed by atoms with E-state index in [1.54, 1.807) is 40.1 Å². The second-order valence-electron chi connectivity index (χ2n) is 6.95. The lowest BCUT2D eigenvalue weighted by Crippen LogP contribution is -2.21. The fraction of sp³-hybridized carbons (Fsp3) is 0.0833. The van der Waals surface area contributed by atoms with Gasteiger partial charge in [0.25, 0.3) is 5.56 Å². The van der Waals surface area contributed by atoms with Crippen molar-refractivity contribution in [2.45, 2.75) is 17.8 Å². The summed E-state index contributed by atoms with van der Waals surface area (Å²) in [5, 5.41) is 2.24. The standard InChI is InChI=1S/C24H18N4OS2/c1-16-21(31-22(26-16)17-8-3-2-4-9-17)15-30-24-27-20-12-6-5-11-19(20)23(29)28(24)18-10-7-13-25-14-18/h2-14H,15H2,1H3. The highest BCUT2D eigenvalue weighted by molar-refractivity contribution is 7.98. The van der Waals surface area contributed by atoms with E-state index in [1.807, 2.05) is 61.5 Å². The first-order valence-corrected chi connectivity index (χ1v) is 11.6. The maximum Gasteiger partial charge on any atom is 0.266 e. The molecule has 7 heteroatoms. The number of benzene rings is 2. The average molecular weight is 443 g/mol. The Labute approximate surface area is 187 Å². The third-order valence-corrected chi connectivity index (χ3v) is 7.25. The molecule has 0 bridgehead atoms. The predicted molar refractivity (Wildman–Crippen MR) is 127 cm³/mol. The predicted octanol–water partition coefficient (Wildman–Crippen LogP) is 5.50. The molecular formula is C24H18N4OS2. The minimum absolute atomic E-state index is 0.0906. The van der Waals surface area contributed by atoms with Gasteiger partial charge in [0.2, 0.25) is 0 Å². The summed E-state index contributed by atoms with van der Waals surface area (Å²) in [4.78, 5) is 28.2. The van der Waals surface area contributed by atoms with Crippen LogP contribution in [-0.4, -0.2) is 19.5 Å². The van der Waals surface area contributed by atoms with Crippen molar-refractivity contribution in [1.82, 2.24) is 19.5 Å². The van der Waals surface area contributed by atoms with Gasteiger partial charge in [0.1, 0.15) is 5.01 Å². The van der Waals surface area contributed by atoms with E-state index < -0.39 is 0 Å². The number of aryl methyl sites for hydroxylation is 1. The third kappa shape index (κ3) is 3.89. The Kier molecular flexibility index (Phi) is 5.36. The number of pyridine rings is 1. The Bertz CT molecular complexity index is 1410. The number of hydrogen-bond donors (Lipinski definition) is 0. The van der Waals surface area contributed by atoms with E-state index >= 15 is 0 Å². The number of aromatic nitrogens is 4. The van der Waals surface area contributed by atoms with E-state index in [4.69, 9.17) is 9.97 Å². The number of thiazole rings is 1. The summed E-state index contributed by atoms with van der Waals surface area (Å²) in [5.41, 5.74) is 3.43. The van der Waals surface area contributed by atoms with Crippen LogP contribution in [0.3, 0.4) is 0 Å². The zero-order valence-electron chi connectivity index (χ0n) is 16.7. The minimum atomic E-state index is -0.0906. The normalized spacial score (nSPS) is 11.1. The van der Waals surface area contributed by atoms with Crippen LogP contribution in [0, 0.1) is 6.92 Å². The van der Waals surface area contributed by atoms with Crippen LogP contribution in [0.25, 0.3) is 27.2 Å². The van der Waals surface area contributed by atoms with Crippen molar-refractivity contribution in [3.63, 3.8) is 0 Å². The minimum Gasteiger partial charge on any atom is -0.268 e. The first kappa shape index (κ1) is 19.7. The van der Waals surface area contributed by atoms with Crippen LogP contribution in [0.4, 0.5) is 0 Å². The van der Waals surface area contributed by atoms with Crippen LogP contribution in [0.2, 0.25) is 0 Å². The van der Waals surface area contributed by atoms with E-state index in [0.717, 1.165) is 16.3 Å². The van der Waals surface area contributed by atoms with Gasteiger partial charge < -0.3 is 0 Å². The van der Waals surface area contributed by atoms with Crippen molar-refractivity contribution < 1.29 is 0 Å². The van der Waals surface area contributed by atoms with Crippen molar-refractivity contribution >= 4 is 34.0 Å². The van der Waals surface area contributed by atoms with Gasteiger partial charge in [0, 0.05) is 22.4 Å². The van der Waals surface area contributed by atoms with E-state index in [-0.39, 0.29) is 5.56 Å². The lowest BCUT2D eigenvalue weighted by Gasteiger charge is -2.12. The molecule has 2 aromatic carbocycles. The summed E-state index contributed by atoms with van der Waals surface area (Å²) in [6, 6.07) is 21.3. The molecule has 0 fully saturated rings. The second kappa shape index (κ2) is 8.45. The molecule has 0 aliphatic rings. The molecule has 0 aliphatic heterocycles. The van der Waals surface area contributed by atoms with Gasteiger partial charge in [-0.15, -0.1) is 11.3 Å². The smallest absolute Gasteiger partial charge is 0.266 e. The summed E-state index contributed by atoms with van der Waals surface area (Å²) in [7, 11) is 0. The van der Waals surface area contributed by atoms with Crippen molar-refractivity contribution in [1.29, 1.82) is 0 Å². The summed E-state index contributed by atoms with van der Waals surface area (Å²) in [5.74, 6) is 0.682. The number of thioether (sulfide) groups is 1. The molecule has 0 N–H and O–H groups in total. The lowest BCUT2D eigenvalue weighted by molar-refractivity contribution is 0.815. The lowest BCUT2D eigenvalue weighted by atomic mass is 10.2. The van der Waals surface area contributed by atoms with Crippen LogP contribution < -0.4 is 5.56 Å². The van der Waals surface area contributed by atoms with Crippen LogP contribution in [0.15, 0.2) is 89.1 Å². The van der Waals surface area contributed by atoms with Gasteiger partial charge in [0.05, 0.1) is 28.5 Å². The molecule has 5 rings (SSSR count). The van der Waals surface area contributed by atoms with Gasteiger partial charge in [-0.3, -0.25) is 14.3 Å². The van der Waals surface area contributed by atoms with Crippen molar-refractivity contribution in [3.8, 4) is 16.3 Å². The molecule has 0 aliphatic carbocycles. The molecule has 0 amide bonds. The highest BCUT2D eigenvalue weighted by Crippen LogP contribution is 2.32. The Morgan fingerprint density at radius 2 is 1.77 bits per heavy atom. The molecule has 152 valence electrons. The molecule has 3 aromatic heterocycles. The molecule has 0 atom stereocenters. The first-order valence-electron chi connectivity index (χ1n) is 9.77. The van der Waals surface area contributed by atoms with Crippen molar-refractivity contribution in [2.75, 3.05) is 0 Å². The monoisotopic (exact) mass is 442 g/mol. The zero-order chi connectivity index (χ0) is 21.2. The van der Waals surface area contributed by atoms with Crippen LogP contribution in [-0.2, 0) is 5.75 Å². The molecule has 0 radical (unpaired) electrons. The fourth-order valence-electron chi connectivity index (χ4n) is 3.32. The Hall–Kier alpha value is -3.29. The SMILES string of the molecule is Cc1nc(-c2ccccc2)sc1CSc1nc2ccccc2c(=O)n1-c1cccnc1. The van der Waals surface area contributed by atoms with Crippen LogP contribution in [0.1, 0.15) is 10.6 Å². The fourth-order valence-corrected chi connectivity index (χ4v) is 5.54. The van der Waals surface area contributed by atoms with Crippen LogP contribution in [0.5, 0.6) is 0 Å². The molecule has 0 saturated carbocycles. The van der Waals surface area contributed by atoms with Crippen molar-refractivity contribution in [3.05, 3.63) is 100 Å². The Balaban J connectivity index is 1.54. The molecule has 0 spiro atoms. The number of para-hydroxylation sites is 1. The number of fused-ring (bicyclic) bond motifs is 1. The summed E-state index contributed by atoms with van der Waals surface area (Å²) in [6.07, 6.45) is 3.38. The van der Waals surface area contributed by atoms with Gasteiger partial charge in [-0.1, -0.05) is 54.2 Å². The highest BCUT2D eigenvalue weighted by atomic mass is 32.2. The molecule has 5 nitrogen and oxygen atoms in total. The maximum absolute atomic E-state index is 13.3. The first-order chi connectivity index (χ1) is 15.2. The van der Waals surface area contributed by atoms with Gasteiger partial charge >= 0.3 is 0 Å². The summed E-state index contributed by atoms with van der Waals surface area (Å²) < 4.78 is 1.65. The summed E-state index contributed by atoms with van der Waals surface area (Å²) >= 11 is 3.22. The molecular weight excluding hydrogens is 424 g/mol. The molecule has 5 aromatic rings. The Morgan fingerprint density at radius 1 is 0.968 bits per heavy atom. The average Bonchev–Trinajstić information content (AvgIpc) is 3.19. The molecule has 3 heterocycles. The van der Waals surface area contributed by atoms with Gasteiger partial charge in [-0.05, 0) is 31.2 Å². The summed E-state index contributed by atoms with van der Waals surface area (Å²) in [6.45, 7) is 2.03. The molecule has 0 unspecified atom stereocenters. The topological polar surface area (TPSA) is 60.7 Å². The zero-order valence-corrected chi connectivity index (χ0v) is 18.4. The van der Waals surface area contributed by atoms with E-state index in [2.05, 4.69) is 17.1 Å². The second-order valence-corrected chi connectivity index (χ2v) is 8.97. The third-order valence-electron chi connectivity index (χ3n) is 4.89. The molecule has 31 heavy (non-hydrogen) atoms.